The predicted octanol–water partition coefficient (Wildman–Crippen LogP) is 2.38. The molecule has 0 saturated heterocycles. The number of nitrogens with one attached hydrogen (secondary N) is 2. The van der Waals surface area contributed by atoms with Crippen molar-refractivity contribution in [3.8, 4) is 11.4 Å². The van der Waals surface area contributed by atoms with Gasteiger partial charge in [-0.05, 0) is 44.0 Å². The fourth-order valence-corrected chi connectivity index (χ4v) is 3.14. The van der Waals surface area contributed by atoms with Gasteiger partial charge in [0.2, 0.25) is 5.91 Å². The molecule has 6 nitrogen and oxygen atoms in total. The van der Waals surface area contributed by atoms with Gasteiger partial charge in [-0.2, -0.15) is 0 Å². The van der Waals surface area contributed by atoms with Crippen molar-refractivity contribution in [2.75, 3.05) is 5.32 Å². The second kappa shape index (κ2) is 6.57. The van der Waals surface area contributed by atoms with Gasteiger partial charge < -0.3 is 15.4 Å². The summed E-state index contributed by atoms with van der Waals surface area (Å²) in [4.78, 5) is 30.6. The van der Waals surface area contributed by atoms with E-state index < -0.39 is 5.60 Å². The fraction of sp³-hybridized carbons (Fsp3) is 0.389. The van der Waals surface area contributed by atoms with Crippen molar-refractivity contribution in [3.63, 3.8) is 0 Å². The third-order valence-corrected chi connectivity index (χ3v) is 4.34. The molecule has 0 atom stereocenters. The van der Waals surface area contributed by atoms with Crippen LogP contribution < -0.4 is 10.9 Å². The number of hydrogen-bond acceptors (Lipinski definition) is 4. The van der Waals surface area contributed by atoms with Crippen LogP contribution in [0.5, 0.6) is 0 Å². The van der Waals surface area contributed by atoms with Crippen molar-refractivity contribution in [1.29, 1.82) is 0 Å². The number of carbonyl (C=O) groups is 1. The molecule has 1 aromatic carbocycles. The van der Waals surface area contributed by atoms with Gasteiger partial charge in [-0.3, -0.25) is 9.59 Å². The lowest BCUT2D eigenvalue weighted by Gasteiger charge is -2.21. The Balaban J connectivity index is 1.68. The van der Waals surface area contributed by atoms with Crippen molar-refractivity contribution in [3.05, 3.63) is 46.4 Å². The molecule has 0 unspecified atom stereocenters. The van der Waals surface area contributed by atoms with Gasteiger partial charge in [0.1, 0.15) is 5.82 Å². The zero-order valence-corrected chi connectivity index (χ0v) is 13.6. The molecule has 1 aromatic heterocycles. The Morgan fingerprint density at radius 1 is 1.29 bits per heavy atom. The molecule has 0 aliphatic heterocycles. The van der Waals surface area contributed by atoms with Crippen LogP contribution in [-0.4, -0.2) is 26.6 Å². The summed E-state index contributed by atoms with van der Waals surface area (Å²) in [7, 11) is 0. The Hall–Kier alpha value is -2.47. The molecule has 3 rings (SSSR count). The van der Waals surface area contributed by atoms with Gasteiger partial charge in [-0.15, -0.1) is 0 Å². The number of aromatic amines is 1. The molecular formula is C18H21N3O3. The van der Waals surface area contributed by atoms with Crippen LogP contribution in [0.1, 0.15) is 37.8 Å². The van der Waals surface area contributed by atoms with E-state index in [0.29, 0.717) is 30.0 Å². The minimum absolute atomic E-state index is 0.126. The molecule has 1 fully saturated rings. The average Bonchev–Trinajstić information content (AvgIpc) is 2.93. The first kappa shape index (κ1) is 16.4. The van der Waals surface area contributed by atoms with Crippen LogP contribution in [0.3, 0.4) is 0 Å². The van der Waals surface area contributed by atoms with Gasteiger partial charge in [-0.1, -0.05) is 12.8 Å². The van der Waals surface area contributed by atoms with E-state index in [1.807, 2.05) is 0 Å². The van der Waals surface area contributed by atoms with Gasteiger partial charge in [0.05, 0.1) is 12.0 Å². The number of amides is 1. The van der Waals surface area contributed by atoms with E-state index >= 15 is 0 Å². The summed E-state index contributed by atoms with van der Waals surface area (Å²) in [6.07, 6.45) is 3.44. The average molecular weight is 327 g/mol. The van der Waals surface area contributed by atoms with E-state index in [1.165, 1.54) is 6.07 Å². The van der Waals surface area contributed by atoms with E-state index in [4.69, 9.17) is 0 Å². The smallest absolute Gasteiger partial charge is 0.251 e. The highest BCUT2D eigenvalue weighted by molar-refractivity contribution is 5.91. The maximum Gasteiger partial charge on any atom is 0.251 e. The first-order valence-electron chi connectivity index (χ1n) is 8.14. The molecule has 1 aliphatic carbocycles. The highest BCUT2D eigenvalue weighted by Crippen LogP contribution is 2.32. The molecule has 2 aromatic rings. The number of anilines is 1. The Morgan fingerprint density at radius 2 is 1.96 bits per heavy atom. The molecular weight excluding hydrogens is 306 g/mol. The second-order valence-corrected chi connectivity index (χ2v) is 6.47. The molecule has 24 heavy (non-hydrogen) atoms. The summed E-state index contributed by atoms with van der Waals surface area (Å²) >= 11 is 0. The molecule has 126 valence electrons. The van der Waals surface area contributed by atoms with Gasteiger partial charge in [0.25, 0.3) is 5.56 Å². The number of H-pyrrole nitrogens is 1. The van der Waals surface area contributed by atoms with Crippen molar-refractivity contribution in [2.24, 2.45) is 0 Å². The lowest BCUT2D eigenvalue weighted by atomic mass is 9.97. The molecule has 1 amide bonds. The highest BCUT2D eigenvalue weighted by Gasteiger charge is 2.33. The number of rotatable bonds is 4. The SMILES string of the molecule is Cc1cc(=O)[nH]c(-c2ccc(NC(=O)CC3(O)CCCC3)cc2)n1. The van der Waals surface area contributed by atoms with Gasteiger partial charge in [0.15, 0.2) is 0 Å². The molecule has 1 aliphatic rings. The number of aliphatic hydroxyl groups is 1. The molecule has 6 heteroatoms. The lowest BCUT2D eigenvalue weighted by Crippen LogP contribution is -2.30. The summed E-state index contributed by atoms with van der Waals surface area (Å²) in [6, 6.07) is 8.53. The zero-order chi connectivity index (χ0) is 17.2. The zero-order valence-electron chi connectivity index (χ0n) is 13.6. The summed E-state index contributed by atoms with van der Waals surface area (Å²) in [5.74, 6) is 0.312. The number of benzene rings is 1. The van der Waals surface area contributed by atoms with Crippen molar-refractivity contribution in [2.45, 2.75) is 44.6 Å². The van der Waals surface area contributed by atoms with Crippen LogP contribution in [-0.2, 0) is 4.79 Å². The minimum atomic E-state index is -0.852. The van der Waals surface area contributed by atoms with Crippen LogP contribution in [0.2, 0.25) is 0 Å². The third-order valence-electron chi connectivity index (χ3n) is 4.34. The Morgan fingerprint density at radius 3 is 2.58 bits per heavy atom. The molecule has 0 spiro atoms. The summed E-state index contributed by atoms with van der Waals surface area (Å²) in [5, 5.41) is 13.1. The second-order valence-electron chi connectivity index (χ2n) is 6.47. The van der Waals surface area contributed by atoms with Crippen LogP contribution in [0.4, 0.5) is 5.69 Å². The number of carbonyl (C=O) groups excluding carboxylic acids is 1. The summed E-state index contributed by atoms with van der Waals surface area (Å²) < 4.78 is 0. The van der Waals surface area contributed by atoms with Gasteiger partial charge in [-0.25, -0.2) is 4.98 Å². The van der Waals surface area contributed by atoms with Gasteiger partial charge in [0, 0.05) is 23.0 Å². The van der Waals surface area contributed by atoms with E-state index in [1.54, 1.807) is 31.2 Å². The first-order chi connectivity index (χ1) is 11.4. The topological polar surface area (TPSA) is 95.1 Å². The van der Waals surface area contributed by atoms with E-state index in [-0.39, 0.29) is 17.9 Å². The van der Waals surface area contributed by atoms with Crippen molar-refractivity contribution >= 4 is 11.6 Å². The van der Waals surface area contributed by atoms with E-state index in [0.717, 1.165) is 18.4 Å². The number of nitrogens with zero attached hydrogens (tertiary/aromatic N) is 1. The first-order valence-corrected chi connectivity index (χ1v) is 8.14. The van der Waals surface area contributed by atoms with Crippen molar-refractivity contribution < 1.29 is 9.90 Å². The minimum Gasteiger partial charge on any atom is -0.389 e. The van der Waals surface area contributed by atoms with E-state index in [9.17, 15) is 14.7 Å². The predicted molar refractivity (Wildman–Crippen MR) is 91.7 cm³/mol. The lowest BCUT2D eigenvalue weighted by molar-refractivity contribution is -0.120. The Labute approximate surface area is 140 Å². The molecule has 1 saturated carbocycles. The van der Waals surface area contributed by atoms with Crippen molar-refractivity contribution in [1.82, 2.24) is 9.97 Å². The fourth-order valence-electron chi connectivity index (χ4n) is 3.14. The number of hydrogen-bond donors (Lipinski definition) is 3. The Bertz CT molecular complexity index is 790. The third kappa shape index (κ3) is 3.89. The summed E-state index contributed by atoms with van der Waals surface area (Å²) in [6.45, 7) is 1.76. The summed E-state index contributed by atoms with van der Waals surface area (Å²) in [5.41, 5.74) is 1.02. The molecule has 0 radical (unpaired) electrons. The molecule has 1 heterocycles. The van der Waals surface area contributed by atoms with Crippen LogP contribution in [0.15, 0.2) is 35.1 Å². The standard InChI is InChI=1S/C18H21N3O3/c1-12-10-15(22)21-17(19-12)13-4-6-14(7-5-13)20-16(23)11-18(24)8-2-3-9-18/h4-7,10,24H,2-3,8-9,11H2,1H3,(H,20,23)(H,19,21,22). The highest BCUT2D eigenvalue weighted by atomic mass is 16.3. The normalized spacial score (nSPS) is 16.1. The van der Waals surface area contributed by atoms with Crippen LogP contribution in [0, 0.1) is 6.92 Å². The number of aryl methyl sites for hydroxylation is 1. The largest absolute Gasteiger partial charge is 0.389 e. The molecule has 3 N–H and O–H groups in total. The van der Waals surface area contributed by atoms with Crippen LogP contribution in [0.25, 0.3) is 11.4 Å². The monoisotopic (exact) mass is 327 g/mol. The maximum atomic E-state index is 12.1. The van der Waals surface area contributed by atoms with Crippen LogP contribution >= 0.6 is 0 Å². The number of aromatic nitrogens is 2. The maximum absolute atomic E-state index is 12.1. The molecule has 0 bridgehead atoms. The van der Waals surface area contributed by atoms with Gasteiger partial charge >= 0.3 is 0 Å². The quantitative estimate of drug-likeness (QED) is 0.803. The van der Waals surface area contributed by atoms with E-state index in [2.05, 4.69) is 15.3 Å². The Kier molecular flexibility index (Phi) is 4.49.